The Balaban J connectivity index is 0.000000327. The molecule has 5 N–H and O–H groups in total. The number of nitrogen functional groups attached to an aromatic ring is 1. The van der Waals surface area contributed by atoms with Crippen molar-refractivity contribution in [2.75, 3.05) is 62.1 Å². The zero-order valence-electron chi connectivity index (χ0n) is 34.5. The van der Waals surface area contributed by atoms with E-state index >= 15 is 0 Å². The molecule has 0 aliphatic rings. The van der Waals surface area contributed by atoms with E-state index in [4.69, 9.17) is 17.3 Å². The summed E-state index contributed by atoms with van der Waals surface area (Å²) < 4.78 is 0. The molecule has 4 rings (SSSR count). The van der Waals surface area contributed by atoms with Crippen molar-refractivity contribution in [3.63, 3.8) is 0 Å². The predicted molar refractivity (Wildman–Crippen MR) is 220 cm³/mol. The number of amides is 2. The van der Waals surface area contributed by atoms with Crippen LogP contribution >= 0.6 is 0 Å². The number of nitro groups is 2. The third kappa shape index (κ3) is 14.1. The molecule has 0 atom stereocenters. The molecule has 0 saturated heterocycles. The topological polar surface area (TPSA) is 241 Å². The van der Waals surface area contributed by atoms with Crippen molar-refractivity contribution in [1.82, 2.24) is 30.6 Å². The molecule has 0 spiro atoms. The second-order valence-electron chi connectivity index (χ2n) is 15.5. The summed E-state index contributed by atoms with van der Waals surface area (Å²) in [4.78, 5) is 64.1. The first-order chi connectivity index (χ1) is 26.4. The highest BCUT2D eigenvalue weighted by molar-refractivity contribution is 5.96. The number of benzene rings is 2. The highest BCUT2D eigenvalue weighted by Crippen LogP contribution is 2.35. The number of nitrogens with two attached hydrogens (primary N) is 1. The summed E-state index contributed by atoms with van der Waals surface area (Å²) in [6.45, 7) is 17.2. The lowest BCUT2D eigenvalue weighted by Gasteiger charge is -2.27. The number of hydrogen-bond donors (Lipinski definition) is 4. The second-order valence-corrected chi connectivity index (χ2v) is 15.9. The molecule has 0 unspecified atom stereocenters. The molecule has 2 heterocycles. The van der Waals surface area contributed by atoms with Gasteiger partial charge in [-0.1, -0.05) is 53.7 Å². The Labute approximate surface area is 338 Å². The van der Waals surface area contributed by atoms with Gasteiger partial charge in [0.1, 0.15) is 12.7 Å². The SMILES string of the molecule is CN(CC(C)(C)C)c1ncnc([ClH+])c1[N+](=O)[O-].CNC(=O)c1ccc(C)c(N)c1.CNC(=O)c1ccc(C)c(Nc2ncnc(N(C)CC(C)(C)C)c2[N+](=O)[O-])c1. The van der Waals surface area contributed by atoms with Crippen LogP contribution in [0.3, 0.4) is 0 Å². The highest BCUT2D eigenvalue weighted by Gasteiger charge is 2.31. The third-order valence-corrected chi connectivity index (χ3v) is 8.13. The van der Waals surface area contributed by atoms with Gasteiger partial charge in [0.25, 0.3) is 11.8 Å². The molecule has 0 saturated carbocycles. The lowest BCUT2D eigenvalue weighted by molar-refractivity contribution is -0.404. The largest absolute Gasteiger partial charge is 0.401 e. The Morgan fingerprint density at radius 2 is 1.18 bits per heavy atom. The van der Waals surface area contributed by atoms with Crippen molar-refractivity contribution in [2.45, 2.75) is 55.4 Å². The maximum absolute atomic E-state index is 11.9. The van der Waals surface area contributed by atoms with E-state index in [0.717, 1.165) is 11.1 Å². The maximum atomic E-state index is 11.9. The van der Waals surface area contributed by atoms with Crippen LogP contribution in [0.1, 0.15) is 73.4 Å². The minimum absolute atomic E-state index is 0.00911. The monoisotopic (exact) mass is 809 g/mol. The molecule has 2 aromatic heterocycles. The van der Waals surface area contributed by atoms with Gasteiger partial charge in [-0.3, -0.25) is 29.8 Å². The number of aryl methyl sites for hydroxylation is 2. The van der Waals surface area contributed by atoms with E-state index in [0.29, 0.717) is 35.6 Å². The van der Waals surface area contributed by atoms with Crippen LogP contribution in [0.15, 0.2) is 49.1 Å². The van der Waals surface area contributed by atoms with Crippen molar-refractivity contribution >= 4 is 52.0 Å². The second kappa shape index (κ2) is 20.1. The first kappa shape index (κ1) is 47.0. The fourth-order valence-corrected chi connectivity index (χ4v) is 5.58. The lowest BCUT2D eigenvalue weighted by Crippen LogP contribution is -2.30. The van der Waals surface area contributed by atoms with Gasteiger partial charge in [0, 0.05) is 63.8 Å². The standard InChI is InChI=1S/C19H26N6O3.C10H16ClN4O2.C9H12N2O/c1-12-7-8-13(18(26)20-5)9-14(12)23-16-15(25(27)28)17(22-11-21-16)24(6)10-19(2,3)4;1-10(2,3)5-14(4)9-7(15(16)17)8(11)12-6-13-9;1-6-3-4-7(5-8(6)10)9(12)11-2/h7-9,11H,10H2,1-6H3,(H,20,26)(H,21,22,23);6,11H,5H2,1-4H3;3-5H,10H2,1-2H3,(H,11,12)/q;+1;. The molecular formula is C38H54ClN12O6+. The van der Waals surface area contributed by atoms with Crippen LogP contribution in [0.5, 0.6) is 0 Å². The quantitative estimate of drug-likeness (QED) is 0.0643. The van der Waals surface area contributed by atoms with Gasteiger partial charge in [0.2, 0.25) is 17.5 Å². The lowest BCUT2D eigenvalue weighted by atomic mass is 9.96. The zero-order chi connectivity index (χ0) is 43.4. The molecule has 0 radical (unpaired) electrons. The fourth-order valence-electron chi connectivity index (χ4n) is 5.37. The number of halogens is 1. The van der Waals surface area contributed by atoms with E-state index in [1.807, 2.05) is 61.5 Å². The van der Waals surface area contributed by atoms with Crippen LogP contribution in [0.2, 0.25) is 5.15 Å². The van der Waals surface area contributed by atoms with E-state index in [2.05, 4.69) is 35.9 Å². The Hall–Kier alpha value is -6.17. The van der Waals surface area contributed by atoms with E-state index in [-0.39, 0.29) is 56.6 Å². The van der Waals surface area contributed by atoms with Gasteiger partial charge in [-0.05, 0) is 60.1 Å². The number of aromatic nitrogens is 4. The fraction of sp³-hybridized carbons (Fsp3) is 0.421. The van der Waals surface area contributed by atoms with Crippen LogP contribution in [0, 0.1) is 56.5 Å². The van der Waals surface area contributed by atoms with Crippen LogP contribution in [-0.4, -0.2) is 82.9 Å². The number of anilines is 5. The van der Waals surface area contributed by atoms with E-state index in [9.17, 15) is 29.8 Å². The Bertz CT molecular complexity index is 2070. The first-order valence-electron chi connectivity index (χ1n) is 17.7. The molecule has 19 heteroatoms. The summed E-state index contributed by atoms with van der Waals surface area (Å²) in [5, 5.41) is 30.8. The number of rotatable bonds is 10. The Kier molecular flexibility index (Phi) is 16.6. The summed E-state index contributed by atoms with van der Waals surface area (Å²) in [5.41, 5.74) is 9.23. The molecule has 308 valence electrons. The third-order valence-electron chi connectivity index (χ3n) is 7.83. The van der Waals surface area contributed by atoms with Crippen molar-refractivity contribution in [1.29, 1.82) is 0 Å². The number of hydrogen-bond acceptors (Lipinski definition) is 14. The number of carbonyl (C=O) groups excluding carboxylic acids is 2. The molecule has 0 aliphatic carbocycles. The van der Waals surface area contributed by atoms with Gasteiger partial charge in [0.15, 0.2) is 11.6 Å². The van der Waals surface area contributed by atoms with E-state index < -0.39 is 9.85 Å². The zero-order valence-corrected chi connectivity index (χ0v) is 35.4. The normalized spacial score (nSPS) is 10.8. The molecule has 2 aromatic carbocycles. The van der Waals surface area contributed by atoms with Gasteiger partial charge < -0.3 is 31.5 Å². The molecule has 0 fully saturated rings. The minimum atomic E-state index is -0.531. The molecule has 0 bridgehead atoms. The summed E-state index contributed by atoms with van der Waals surface area (Å²) >= 11 is 4.86. The number of nitrogens with one attached hydrogen (secondary N) is 3. The van der Waals surface area contributed by atoms with Crippen LogP contribution in [0.4, 0.5) is 40.2 Å². The number of carbonyl (C=O) groups is 2. The smallest absolute Gasteiger partial charge is 0.398 e. The summed E-state index contributed by atoms with van der Waals surface area (Å²) in [5.74, 6) is 0.225. The van der Waals surface area contributed by atoms with E-state index in [1.54, 1.807) is 68.3 Å². The average molecular weight is 810 g/mol. The molecule has 18 nitrogen and oxygen atoms in total. The van der Waals surface area contributed by atoms with Gasteiger partial charge in [-0.15, -0.1) is 0 Å². The maximum Gasteiger partial charge on any atom is 0.401 e. The first-order valence-corrected chi connectivity index (χ1v) is 18.1. The number of nitrogens with zero attached hydrogens (tertiary/aromatic N) is 8. The average Bonchev–Trinajstić information content (AvgIpc) is 3.11. The van der Waals surface area contributed by atoms with Crippen molar-refractivity contribution in [3.05, 3.63) is 96.7 Å². The predicted octanol–water partition coefficient (Wildman–Crippen LogP) is 5.78. The Morgan fingerprint density at radius 1 is 0.737 bits per heavy atom. The van der Waals surface area contributed by atoms with Gasteiger partial charge in [-0.2, -0.15) is 4.98 Å². The summed E-state index contributed by atoms with van der Waals surface area (Å²) in [6.07, 6.45) is 2.55. The molecular weight excluding hydrogens is 756 g/mol. The van der Waals surface area contributed by atoms with Crippen LogP contribution in [0.25, 0.3) is 0 Å². The van der Waals surface area contributed by atoms with Crippen molar-refractivity contribution in [3.8, 4) is 0 Å². The van der Waals surface area contributed by atoms with Crippen LogP contribution < -0.4 is 31.5 Å². The molecule has 2 amide bonds. The highest BCUT2D eigenvalue weighted by atomic mass is 35.5. The van der Waals surface area contributed by atoms with E-state index in [1.165, 1.54) is 12.7 Å². The summed E-state index contributed by atoms with van der Waals surface area (Å²) in [7, 11) is 6.66. The molecule has 0 aliphatic heterocycles. The van der Waals surface area contributed by atoms with Crippen molar-refractivity contribution in [2.24, 2.45) is 10.8 Å². The molecule has 4 aromatic rings. The summed E-state index contributed by atoms with van der Waals surface area (Å²) in [6, 6.07) is 10.4. The molecule has 57 heavy (non-hydrogen) atoms. The van der Waals surface area contributed by atoms with Gasteiger partial charge >= 0.3 is 16.5 Å². The van der Waals surface area contributed by atoms with Gasteiger partial charge in [-0.25, -0.2) is 15.0 Å². The van der Waals surface area contributed by atoms with Gasteiger partial charge in [0.05, 0.1) is 9.85 Å². The Morgan fingerprint density at radius 3 is 1.61 bits per heavy atom. The van der Waals surface area contributed by atoms with Crippen molar-refractivity contribution < 1.29 is 31.0 Å². The van der Waals surface area contributed by atoms with Crippen LogP contribution in [-0.2, 0) is 0 Å². The minimum Gasteiger partial charge on any atom is -0.398 e.